The summed E-state index contributed by atoms with van der Waals surface area (Å²) in [6.45, 7) is 0. The second kappa shape index (κ2) is 5.70. The highest BCUT2D eigenvalue weighted by Crippen LogP contribution is 2.30. The summed E-state index contributed by atoms with van der Waals surface area (Å²) in [6, 6.07) is 11.7. The van der Waals surface area contributed by atoms with Crippen LogP contribution in [-0.4, -0.2) is 19.3 Å². The number of sulfonamides is 1. The Morgan fingerprint density at radius 1 is 1.00 bits per heavy atom. The molecule has 0 amide bonds. The Kier molecular flexibility index (Phi) is 3.82. The van der Waals surface area contributed by atoms with Crippen molar-refractivity contribution in [1.82, 2.24) is 0 Å². The molecule has 5 nitrogen and oxygen atoms in total. The molecule has 0 spiro atoms. The van der Waals surface area contributed by atoms with Crippen LogP contribution in [0.25, 0.3) is 10.8 Å². The van der Waals surface area contributed by atoms with Crippen LogP contribution >= 0.6 is 0 Å². The number of aromatic hydroxyl groups is 1. The second-order valence-corrected chi connectivity index (χ2v) is 6.79. The van der Waals surface area contributed by atoms with Gasteiger partial charge in [0.2, 0.25) is 10.0 Å². The lowest BCUT2D eigenvalue weighted by molar-refractivity contribution is 0.103. The summed E-state index contributed by atoms with van der Waals surface area (Å²) < 4.78 is 35.9. The third-order valence-corrected chi connectivity index (χ3v) is 4.54. The zero-order valence-corrected chi connectivity index (χ0v) is 13.0. The highest BCUT2D eigenvalue weighted by Gasteiger charge is 2.18. The molecule has 0 aliphatic heterocycles. The third kappa shape index (κ3) is 2.86. The van der Waals surface area contributed by atoms with Gasteiger partial charge in [0.05, 0.1) is 10.5 Å². The fourth-order valence-electron chi connectivity index (χ4n) is 2.46. The molecule has 0 aliphatic carbocycles. The number of fused-ring (bicyclic) bond motifs is 1. The summed E-state index contributed by atoms with van der Waals surface area (Å²) in [6.07, 6.45) is 0. The first-order valence-corrected chi connectivity index (χ1v) is 8.41. The fraction of sp³-hybridized carbons (Fsp3) is 0. The molecule has 0 aromatic heterocycles. The molecule has 0 atom stereocenters. The Bertz CT molecular complexity index is 1060. The van der Waals surface area contributed by atoms with Crippen LogP contribution in [0.5, 0.6) is 5.75 Å². The van der Waals surface area contributed by atoms with Crippen LogP contribution < -0.4 is 5.14 Å². The third-order valence-electron chi connectivity index (χ3n) is 3.63. The first-order valence-electron chi connectivity index (χ1n) is 6.86. The Labute approximate surface area is 137 Å². The van der Waals surface area contributed by atoms with Gasteiger partial charge in [-0.25, -0.2) is 17.9 Å². The molecule has 3 aromatic carbocycles. The molecule has 0 bridgehead atoms. The van der Waals surface area contributed by atoms with E-state index in [-0.39, 0.29) is 21.8 Å². The number of nitrogens with two attached hydrogens (primary N) is 1. The van der Waals surface area contributed by atoms with Crippen LogP contribution in [0.2, 0.25) is 0 Å². The molecule has 3 N–H and O–H groups in total. The molecular weight excluding hydrogens is 333 g/mol. The zero-order chi connectivity index (χ0) is 17.5. The Hall–Kier alpha value is -2.77. The van der Waals surface area contributed by atoms with Crippen LogP contribution in [0, 0.1) is 5.82 Å². The number of carbonyl (C=O) groups excluding carboxylic acids is 1. The van der Waals surface area contributed by atoms with Crippen molar-refractivity contribution in [3.8, 4) is 5.75 Å². The summed E-state index contributed by atoms with van der Waals surface area (Å²) in [7, 11) is -3.88. The number of hydrogen-bond donors (Lipinski definition) is 2. The lowest BCUT2D eigenvalue weighted by atomic mass is 9.96. The minimum absolute atomic E-state index is 0.0140. The number of ketones is 1. The van der Waals surface area contributed by atoms with Crippen molar-refractivity contribution in [2.75, 3.05) is 0 Å². The van der Waals surface area contributed by atoms with E-state index in [1.807, 2.05) is 0 Å². The maximum atomic E-state index is 13.0. The monoisotopic (exact) mass is 345 g/mol. The van der Waals surface area contributed by atoms with Crippen LogP contribution in [0.4, 0.5) is 4.39 Å². The number of benzene rings is 3. The van der Waals surface area contributed by atoms with Gasteiger partial charge >= 0.3 is 0 Å². The molecule has 0 aliphatic rings. The molecule has 0 radical (unpaired) electrons. The summed E-state index contributed by atoms with van der Waals surface area (Å²) in [4.78, 5) is 12.6. The van der Waals surface area contributed by atoms with Gasteiger partial charge in [-0.2, -0.15) is 0 Å². The van der Waals surface area contributed by atoms with Gasteiger partial charge in [0.15, 0.2) is 5.78 Å². The lowest BCUT2D eigenvalue weighted by Crippen LogP contribution is -2.12. The van der Waals surface area contributed by atoms with Crippen molar-refractivity contribution < 1.29 is 22.7 Å². The number of phenols is 1. The summed E-state index contributed by atoms with van der Waals surface area (Å²) in [5, 5.41) is 16.0. The van der Waals surface area contributed by atoms with E-state index >= 15 is 0 Å². The van der Waals surface area contributed by atoms with E-state index in [2.05, 4.69) is 0 Å². The van der Waals surface area contributed by atoms with E-state index in [0.717, 1.165) is 12.1 Å². The predicted octanol–water partition coefficient (Wildman–Crippen LogP) is 2.56. The van der Waals surface area contributed by atoms with Crippen LogP contribution in [0.3, 0.4) is 0 Å². The van der Waals surface area contributed by atoms with E-state index in [1.165, 1.54) is 42.5 Å². The standard InChI is InChI=1S/C17H12FNO4S/c18-12-4-1-10(2-5-12)17(21)16-14-7-6-13(24(19,22)23)9-11(14)3-8-15(16)20/h1-9,20H,(H2,19,22,23). The minimum Gasteiger partial charge on any atom is -0.507 e. The number of halogens is 1. The molecule has 122 valence electrons. The highest BCUT2D eigenvalue weighted by molar-refractivity contribution is 7.89. The van der Waals surface area contributed by atoms with Crippen molar-refractivity contribution in [2.45, 2.75) is 4.90 Å². The van der Waals surface area contributed by atoms with E-state index in [1.54, 1.807) is 0 Å². The highest BCUT2D eigenvalue weighted by atomic mass is 32.2. The molecule has 0 saturated carbocycles. The molecule has 24 heavy (non-hydrogen) atoms. The number of phenolic OH excluding ortho intramolecular Hbond substituents is 1. The van der Waals surface area contributed by atoms with Gasteiger partial charge in [-0.3, -0.25) is 4.79 Å². The first-order chi connectivity index (χ1) is 11.3. The second-order valence-electron chi connectivity index (χ2n) is 5.22. The van der Waals surface area contributed by atoms with Gasteiger partial charge in [-0.1, -0.05) is 12.1 Å². The average molecular weight is 345 g/mol. The van der Waals surface area contributed by atoms with Crippen LogP contribution in [0.1, 0.15) is 15.9 Å². The van der Waals surface area contributed by atoms with Gasteiger partial charge in [-0.05, 0) is 53.2 Å². The molecule has 3 aromatic rings. The molecule has 3 rings (SSSR count). The van der Waals surface area contributed by atoms with Crippen molar-refractivity contribution in [3.05, 3.63) is 71.5 Å². The quantitative estimate of drug-likeness (QED) is 0.713. The average Bonchev–Trinajstić information content (AvgIpc) is 2.53. The summed E-state index contributed by atoms with van der Waals surface area (Å²) >= 11 is 0. The van der Waals surface area contributed by atoms with E-state index in [4.69, 9.17) is 5.14 Å². The number of primary sulfonamides is 1. The predicted molar refractivity (Wildman–Crippen MR) is 86.8 cm³/mol. The molecule has 0 saturated heterocycles. The van der Waals surface area contributed by atoms with Gasteiger partial charge in [-0.15, -0.1) is 0 Å². The van der Waals surface area contributed by atoms with Gasteiger partial charge in [0, 0.05) is 5.56 Å². The maximum Gasteiger partial charge on any atom is 0.238 e. The number of hydrogen-bond acceptors (Lipinski definition) is 4. The lowest BCUT2D eigenvalue weighted by Gasteiger charge is -2.10. The normalized spacial score (nSPS) is 11.6. The van der Waals surface area contributed by atoms with E-state index in [9.17, 15) is 22.7 Å². The Morgan fingerprint density at radius 2 is 1.67 bits per heavy atom. The van der Waals surface area contributed by atoms with Crippen LogP contribution in [0.15, 0.2) is 59.5 Å². The number of carbonyl (C=O) groups is 1. The van der Waals surface area contributed by atoms with Gasteiger partial charge in [0.1, 0.15) is 11.6 Å². The largest absolute Gasteiger partial charge is 0.507 e. The van der Waals surface area contributed by atoms with Crippen LogP contribution in [-0.2, 0) is 10.0 Å². The zero-order valence-electron chi connectivity index (χ0n) is 12.2. The van der Waals surface area contributed by atoms with Crippen molar-refractivity contribution in [1.29, 1.82) is 0 Å². The minimum atomic E-state index is -3.88. The maximum absolute atomic E-state index is 13.0. The number of rotatable bonds is 3. The van der Waals surface area contributed by atoms with Crippen molar-refractivity contribution >= 4 is 26.6 Å². The smallest absolute Gasteiger partial charge is 0.238 e. The SMILES string of the molecule is NS(=O)(=O)c1ccc2c(C(=O)c3ccc(F)cc3)c(O)ccc2c1. The van der Waals surface area contributed by atoms with E-state index in [0.29, 0.717) is 10.8 Å². The Balaban J connectivity index is 2.22. The van der Waals surface area contributed by atoms with Gasteiger partial charge in [0.25, 0.3) is 0 Å². The molecular formula is C17H12FNO4S. The molecule has 0 heterocycles. The molecule has 0 fully saturated rings. The topological polar surface area (TPSA) is 97.5 Å². The van der Waals surface area contributed by atoms with E-state index < -0.39 is 21.6 Å². The Morgan fingerprint density at radius 3 is 2.29 bits per heavy atom. The van der Waals surface area contributed by atoms with Crippen molar-refractivity contribution in [2.24, 2.45) is 5.14 Å². The first kappa shape index (κ1) is 16.1. The molecule has 7 heteroatoms. The molecule has 0 unspecified atom stereocenters. The summed E-state index contributed by atoms with van der Waals surface area (Å²) in [5.74, 6) is -1.23. The summed E-state index contributed by atoms with van der Waals surface area (Å²) in [5.41, 5.74) is 0.217. The fourth-order valence-corrected chi connectivity index (χ4v) is 3.01. The van der Waals surface area contributed by atoms with Crippen molar-refractivity contribution in [3.63, 3.8) is 0 Å². The van der Waals surface area contributed by atoms with Gasteiger partial charge < -0.3 is 5.11 Å².